The topological polar surface area (TPSA) is 80.0 Å². The minimum absolute atomic E-state index is 0.00651. The number of rotatable bonds is 4. The first-order valence-corrected chi connectivity index (χ1v) is 9.80. The van der Waals surface area contributed by atoms with E-state index in [1.54, 1.807) is 18.7 Å². The van der Waals surface area contributed by atoms with Crippen molar-refractivity contribution in [2.45, 2.75) is 12.5 Å². The zero-order valence-corrected chi connectivity index (χ0v) is 16.3. The molecule has 1 amide bonds. The molecule has 5 rings (SSSR count). The summed E-state index contributed by atoms with van der Waals surface area (Å²) in [4.78, 5) is 25.3. The largest absolute Gasteiger partial charge is 0.336 e. The normalized spacial score (nSPS) is 20.7. The second-order valence-corrected chi connectivity index (χ2v) is 8.12. The number of amides is 1. The summed E-state index contributed by atoms with van der Waals surface area (Å²) in [6, 6.07) is 10.5. The second kappa shape index (κ2) is 7.04. The lowest BCUT2D eigenvalue weighted by Crippen LogP contribution is -2.61. The molecule has 2 fully saturated rings. The molecule has 3 aromatic rings. The van der Waals surface area contributed by atoms with E-state index in [1.807, 2.05) is 22.6 Å². The minimum Gasteiger partial charge on any atom is -0.336 e. The van der Waals surface area contributed by atoms with E-state index in [2.05, 4.69) is 49.3 Å². The highest BCUT2D eigenvalue weighted by atomic mass is 16.2. The fourth-order valence-electron chi connectivity index (χ4n) is 4.75. The van der Waals surface area contributed by atoms with Crippen LogP contribution in [0.5, 0.6) is 0 Å². The van der Waals surface area contributed by atoms with Gasteiger partial charge in [-0.05, 0) is 5.56 Å². The number of likely N-dealkylation sites (tertiary alicyclic amines) is 2. The Bertz CT molecular complexity index is 998. The molecule has 0 aliphatic carbocycles. The molecular weight excluding hydrogens is 366 g/mol. The van der Waals surface area contributed by atoms with E-state index in [4.69, 9.17) is 0 Å². The smallest absolute Gasteiger partial charge is 0.274 e. The van der Waals surface area contributed by atoms with Gasteiger partial charge in [0.2, 0.25) is 0 Å². The Morgan fingerprint density at radius 1 is 1.17 bits per heavy atom. The zero-order chi connectivity index (χ0) is 19.8. The first kappa shape index (κ1) is 17.9. The Morgan fingerprint density at radius 3 is 2.69 bits per heavy atom. The summed E-state index contributed by atoms with van der Waals surface area (Å²) < 4.78 is 2.01. The Hall–Kier alpha value is -3.13. The molecule has 2 saturated heterocycles. The van der Waals surface area contributed by atoms with Crippen LogP contribution in [-0.4, -0.2) is 66.6 Å². The van der Waals surface area contributed by atoms with Crippen molar-refractivity contribution >= 4 is 5.91 Å². The lowest BCUT2D eigenvalue weighted by molar-refractivity contribution is 0.000942. The van der Waals surface area contributed by atoms with Crippen molar-refractivity contribution in [3.8, 4) is 0 Å². The monoisotopic (exact) mass is 389 g/mol. The van der Waals surface area contributed by atoms with Gasteiger partial charge in [0, 0.05) is 63.5 Å². The van der Waals surface area contributed by atoms with Crippen molar-refractivity contribution in [1.82, 2.24) is 34.5 Å². The van der Waals surface area contributed by atoms with Gasteiger partial charge in [0.15, 0.2) is 0 Å². The van der Waals surface area contributed by atoms with Gasteiger partial charge >= 0.3 is 0 Å². The van der Waals surface area contributed by atoms with E-state index in [0.717, 1.165) is 25.5 Å². The van der Waals surface area contributed by atoms with E-state index in [1.165, 1.54) is 11.8 Å². The van der Waals surface area contributed by atoms with Gasteiger partial charge in [0.1, 0.15) is 17.8 Å². The van der Waals surface area contributed by atoms with Gasteiger partial charge in [-0.25, -0.2) is 4.98 Å². The third-order valence-electron chi connectivity index (χ3n) is 6.11. The van der Waals surface area contributed by atoms with Crippen LogP contribution < -0.4 is 0 Å². The molecule has 29 heavy (non-hydrogen) atoms. The molecule has 1 unspecified atom stereocenters. The van der Waals surface area contributed by atoms with Gasteiger partial charge in [-0.3, -0.25) is 14.7 Å². The highest BCUT2D eigenvalue weighted by Crippen LogP contribution is 2.49. The van der Waals surface area contributed by atoms with Crippen LogP contribution in [0.1, 0.15) is 27.8 Å². The van der Waals surface area contributed by atoms with Gasteiger partial charge in [-0.1, -0.05) is 30.3 Å². The fraction of sp³-hybridized carbons (Fsp3) is 0.381. The molecule has 8 nitrogen and oxygen atoms in total. The van der Waals surface area contributed by atoms with Crippen LogP contribution in [0, 0.1) is 5.41 Å². The Morgan fingerprint density at radius 2 is 2.00 bits per heavy atom. The summed E-state index contributed by atoms with van der Waals surface area (Å²) >= 11 is 0. The van der Waals surface area contributed by atoms with Crippen LogP contribution in [0.4, 0.5) is 0 Å². The molecule has 1 spiro atoms. The summed E-state index contributed by atoms with van der Waals surface area (Å²) in [6.07, 6.45) is 6.42. The Balaban J connectivity index is 1.37. The van der Waals surface area contributed by atoms with Gasteiger partial charge in [0.05, 0.1) is 6.20 Å². The molecule has 0 saturated carbocycles. The molecule has 8 heteroatoms. The van der Waals surface area contributed by atoms with Gasteiger partial charge < -0.3 is 9.47 Å². The maximum Gasteiger partial charge on any atom is 0.274 e. The lowest BCUT2D eigenvalue weighted by Gasteiger charge is -2.50. The minimum atomic E-state index is -0.0538. The van der Waals surface area contributed by atoms with Gasteiger partial charge in [0.25, 0.3) is 5.91 Å². The molecule has 0 radical (unpaired) electrons. The maximum atomic E-state index is 12.8. The van der Waals surface area contributed by atoms with Gasteiger partial charge in [-0.2, -0.15) is 0 Å². The third-order valence-corrected chi connectivity index (χ3v) is 6.11. The summed E-state index contributed by atoms with van der Waals surface area (Å²) in [6.45, 7) is 4.14. The van der Waals surface area contributed by atoms with Crippen LogP contribution in [0.2, 0.25) is 0 Å². The van der Waals surface area contributed by atoms with Crippen molar-refractivity contribution in [3.05, 3.63) is 72.3 Å². The van der Waals surface area contributed by atoms with Gasteiger partial charge in [-0.15, -0.1) is 10.2 Å². The van der Waals surface area contributed by atoms with E-state index < -0.39 is 0 Å². The van der Waals surface area contributed by atoms with E-state index in [-0.39, 0.29) is 17.2 Å². The van der Waals surface area contributed by atoms with Crippen LogP contribution in [0.3, 0.4) is 0 Å². The summed E-state index contributed by atoms with van der Waals surface area (Å²) in [5.41, 5.74) is 1.69. The number of nitrogens with zero attached hydrogens (tertiary/aromatic N) is 7. The average Bonchev–Trinajstić information content (AvgIpc) is 3.31. The first-order valence-electron chi connectivity index (χ1n) is 9.80. The molecule has 4 heterocycles. The standard InChI is InChI=1S/C21H23N7O/c1-26-15-24-25-19(26)17-11-27(10-16-5-3-2-4-6-16)12-21(17)13-28(14-21)20(29)18-9-22-7-8-23-18/h2-9,15,17H,10-14H2,1H3. The van der Waals surface area contributed by atoms with Crippen LogP contribution in [0.25, 0.3) is 0 Å². The molecule has 0 bridgehead atoms. The molecule has 2 aliphatic heterocycles. The highest BCUT2D eigenvalue weighted by molar-refractivity contribution is 5.92. The van der Waals surface area contributed by atoms with Crippen molar-refractivity contribution in [3.63, 3.8) is 0 Å². The first-order chi connectivity index (χ1) is 14.1. The SMILES string of the molecule is Cn1cnnc1C1CN(Cc2ccccc2)CC12CN(C(=O)c1cnccn1)C2. The summed E-state index contributed by atoms with van der Waals surface area (Å²) in [5.74, 6) is 1.18. The molecule has 2 aromatic heterocycles. The van der Waals surface area contributed by atoms with E-state index in [0.29, 0.717) is 18.8 Å². The predicted molar refractivity (Wildman–Crippen MR) is 106 cm³/mol. The highest BCUT2D eigenvalue weighted by Gasteiger charge is 2.57. The number of benzene rings is 1. The second-order valence-electron chi connectivity index (χ2n) is 8.12. The van der Waals surface area contributed by atoms with E-state index in [9.17, 15) is 4.79 Å². The average molecular weight is 389 g/mol. The number of carbonyl (C=O) groups excluding carboxylic acids is 1. The molecule has 2 aliphatic rings. The maximum absolute atomic E-state index is 12.8. The number of aryl methyl sites for hydroxylation is 1. The number of aromatic nitrogens is 5. The van der Waals surface area contributed by atoms with Crippen molar-refractivity contribution in [2.75, 3.05) is 26.2 Å². The number of hydrogen-bond donors (Lipinski definition) is 0. The predicted octanol–water partition coefficient (Wildman–Crippen LogP) is 1.35. The van der Waals surface area contributed by atoms with Crippen molar-refractivity contribution < 1.29 is 4.79 Å². The molecular formula is C21H23N7O. The van der Waals surface area contributed by atoms with E-state index >= 15 is 0 Å². The summed E-state index contributed by atoms with van der Waals surface area (Å²) in [7, 11) is 1.99. The summed E-state index contributed by atoms with van der Waals surface area (Å²) in [5, 5.41) is 8.50. The van der Waals surface area contributed by atoms with Crippen LogP contribution in [0.15, 0.2) is 55.2 Å². The fourth-order valence-corrected chi connectivity index (χ4v) is 4.75. The third kappa shape index (κ3) is 3.19. The number of hydrogen-bond acceptors (Lipinski definition) is 6. The van der Waals surface area contributed by atoms with Crippen molar-refractivity contribution in [2.24, 2.45) is 12.5 Å². The van der Waals surface area contributed by atoms with Crippen molar-refractivity contribution in [1.29, 1.82) is 0 Å². The van der Waals surface area contributed by atoms with Crippen LogP contribution in [-0.2, 0) is 13.6 Å². The Labute approximate surface area is 169 Å². The lowest BCUT2D eigenvalue weighted by atomic mass is 9.71. The molecule has 1 aromatic carbocycles. The quantitative estimate of drug-likeness (QED) is 0.670. The molecule has 0 N–H and O–H groups in total. The Kier molecular flexibility index (Phi) is 4.35. The molecule has 148 valence electrons. The van der Waals surface area contributed by atoms with Crippen LogP contribution >= 0.6 is 0 Å². The molecule has 1 atom stereocenters. The zero-order valence-electron chi connectivity index (χ0n) is 16.3. The number of carbonyl (C=O) groups is 1.